The first-order valence-electron chi connectivity index (χ1n) is 9.31. The number of carbonyl (C=O) groups excluding carboxylic acids is 2. The maximum Gasteiger partial charge on any atom is 0.321 e. The van der Waals surface area contributed by atoms with Crippen molar-refractivity contribution in [3.8, 4) is 5.75 Å². The summed E-state index contributed by atoms with van der Waals surface area (Å²) in [5, 5.41) is 2.76. The van der Waals surface area contributed by atoms with Crippen LogP contribution in [0.4, 0.5) is 5.95 Å². The summed E-state index contributed by atoms with van der Waals surface area (Å²) in [6.07, 6.45) is 0. The Balaban J connectivity index is 1.89. The van der Waals surface area contributed by atoms with Gasteiger partial charge in [0.15, 0.2) is 5.92 Å². The van der Waals surface area contributed by atoms with Crippen molar-refractivity contribution in [2.24, 2.45) is 5.92 Å². The molecule has 0 unspecified atom stereocenters. The van der Waals surface area contributed by atoms with E-state index in [1.165, 1.54) is 0 Å². The molecule has 1 amide bonds. The average molecular weight is 379 g/mol. The van der Waals surface area contributed by atoms with Crippen molar-refractivity contribution in [3.63, 3.8) is 0 Å². The lowest BCUT2D eigenvalue weighted by atomic mass is 9.90. The summed E-state index contributed by atoms with van der Waals surface area (Å²) in [7, 11) is 0. The van der Waals surface area contributed by atoms with Crippen molar-refractivity contribution >= 4 is 28.9 Å². The van der Waals surface area contributed by atoms with E-state index in [9.17, 15) is 9.59 Å². The topological polar surface area (TPSA) is 82.5 Å². The van der Waals surface area contributed by atoms with Gasteiger partial charge in [-0.3, -0.25) is 14.9 Å². The largest absolute Gasteiger partial charge is 0.494 e. The number of nitrogens with one attached hydrogen (secondary N) is 1. The Bertz CT molecular complexity index is 1030. The second-order valence-corrected chi connectivity index (χ2v) is 6.46. The minimum absolute atomic E-state index is 0.205. The van der Waals surface area contributed by atoms with Crippen LogP contribution in [0, 0.1) is 5.92 Å². The number of aromatic nitrogens is 2. The van der Waals surface area contributed by atoms with E-state index in [1.54, 1.807) is 6.92 Å². The van der Waals surface area contributed by atoms with Gasteiger partial charge in [0.2, 0.25) is 11.9 Å². The van der Waals surface area contributed by atoms with Crippen LogP contribution >= 0.6 is 0 Å². The standard InChI is InChI=1S/C21H21N3O4/c1-3-27-14-11-9-13(10-12-14)18-17(20(26)28-4-2)19(25)23-21-22-15-7-5-6-8-16(15)24(18)21/h5-12,17-18H,3-4H2,1-2H3,(H,22,23,25)/t17-,18-/m1/s1. The number of esters is 1. The van der Waals surface area contributed by atoms with Gasteiger partial charge in [0.25, 0.3) is 0 Å². The molecule has 2 heterocycles. The fourth-order valence-electron chi connectivity index (χ4n) is 3.63. The molecule has 0 bridgehead atoms. The molecule has 4 rings (SSSR count). The summed E-state index contributed by atoms with van der Waals surface area (Å²) < 4.78 is 12.6. The summed E-state index contributed by atoms with van der Waals surface area (Å²) >= 11 is 0. The van der Waals surface area contributed by atoms with Crippen LogP contribution < -0.4 is 10.1 Å². The summed E-state index contributed by atoms with van der Waals surface area (Å²) in [4.78, 5) is 30.0. The van der Waals surface area contributed by atoms with Crippen molar-refractivity contribution in [1.29, 1.82) is 0 Å². The Morgan fingerprint density at radius 1 is 1.11 bits per heavy atom. The zero-order chi connectivity index (χ0) is 19.7. The predicted octanol–water partition coefficient (Wildman–Crippen LogP) is 3.16. The number of benzene rings is 2. The minimum Gasteiger partial charge on any atom is -0.494 e. The highest BCUT2D eigenvalue weighted by molar-refractivity contribution is 6.07. The highest BCUT2D eigenvalue weighted by Gasteiger charge is 2.44. The highest BCUT2D eigenvalue weighted by Crippen LogP contribution is 2.39. The molecule has 0 radical (unpaired) electrons. The monoisotopic (exact) mass is 379 g/mol. The quantitative estimate of drug-likeness (QED) is 0.544. The molecule has 144 valence electrons. The lowest BCUT2D eigenvalue weighted by Gasteiger charge is -2.32. The lowest BCUT2D eigenvalue weighted by Crippen LogP contribution is -2.43. The van der Waals surface area contributed by atoms with Gasteiger partial charge in [-0.05, 0) is 43.7 Å². The molecule has 7 heteroatoms. The van der Waals surface area contributed by atoms with Crippen LogP contribution in [0.5, 0.6) is 5.75 Å². The maximum atomic E-state index is 12.8. The number of hydrogen-bond donors (Lipinski definition) is 1. The van der Waals surface area contributed by atoms with Crippen molar-refractivity contribution in [2.45, 2.75) is 19.9 Å². The number of para-hydroxylation sites is 2. The molecule has 1 aromatic heterocycles. The Morgan fingerprint density at radius 3 is 2.57 bits per heavy atom. The molecule has 1 aliphatic rings. The highest BCUT2D eigenvalue weighted by atomic mass is 16.5. The predicted molar refractivity (Wildman–Crippen MR) is 104 cm³/mol. The fourth-order valence-corrected chi connectivity index (χ4v) is 3.63. The van der Waals surface area contributed by atoms with Gasteiger partial charge >= 0.3 is 5.97 Å². The van der Waals surface area contributed by atoms with E-state index in [0.29, 0.717) is 12.6 Å². The van der Waals surface area contributed by atoms with Crippen LogP contribution in [0.3, 0.4) is 0 Å². The fraction of sp³-hybridized carbons (Fsp3) is 0.286. The van der Waals surface area contributed by atoms with Gasteiger partial charge in [0.1, 0.15) is 5.75 Å². The number of rotatable bonds is 5. The molecule has 1 N–H and O–H groups in total. The second-order valence-electron chi connectivity index (χ2n) is 6.46. The number of carbonyl (C=O) groups is 2. The van der Waals surface area contributed by atoms with Crippen LogP contribution in [-0.2, 0) is 14.3 Å². The molecule has 3 aromatic rings. The van der Waals surface area contributed by atoms with Crippen molar-refractivity contribution in [2.75, 3.05) is 18.5 Å². The number of ether oxygens (including phenoxy) is 2. The van der Waals surface area contributed by atoms with Crippen LogP contribution in [0.2, 0.25) is 0 Å². The van der Waals surface area contributed by atoms with Gasteiger partial charge in [-0.15, -0.1) is 0 Å². The number of fused-ring (bicyclic) bond motifs is 3. The Kier molecular flexibility index (Phi) is 4.73. The van der Waals surface area contributed by atoms with E-state index in [4.69, 9.17) is 9.47 Å². The molecule has 7 nitrogen and oxygen atoms in total. The Hall–Kier alpha value is -3.35. The summed E-state index contributed by atoms with van der Waals surface area (Å²) in [5.41, 5.74) is 2.39. The number of amides is 1. The van der Waals surface area contributed by atoms with Crippen molar-refractivity contribution < 1.29 is 19.1 Å². The molecular weight excluding hydrogens is 358 g/mol. The summed E-state index contributed by atoms with van der Waals surface area (Å²) in [6.45, 7) is 4.41. The van der Waals surface area contributed by atoms with E-state index >= 15 is 0 Å². The smallest absolute Gasteiger partial charge is 0.321 e. The van der Waals surface area contributed by atoms with Gasteiger partial charge in [-0.25, -0.2) is 4.98 Å². The number of nitrogens with zero attached hydrogens (tertiary/aromatic N) is 2. The van der Waals surface area contributed by atoms with Crippen LogP contribution in [0.15, 0.2) is 48.5 Å². The zero-order valence-electron chi connectivity index (χ0n) is 15.7. The summed E-state index contributed by atoms with van der Waals surface area (Å²) in [5.74, 6) is -0.828. The first-order valence-corrected chi connectivity index (χ1v) is 9.31. The van der Waals surface area contributed by atoms with E-state index in [2.05, 4.69) is 10.3 Å². The molecule has 0 saturated carbocycles. The third-order valence-corrected chi connectivity index (χ3v) is 4.78. The SMILES string of the molecule is CCOC(=O)[C@H]1C(=O)Nc2nc3ccccc3n2[C@@H]1c1ccc(OCC)cc1. The van der Waals surface area contributed by atoms with Gasteiger partial charge < -0.3 is 14.0 Å². The molecule has 1 aliphatic heterocycles. The van der Waals surface area contributed by atoms with Crippen LogP contribution in [0.25, 0.3) is 11.0 Å². The normalized spacial score (nSPS) is 18.4. The lowest BCUT2D eigenvalue weighted by molar-refractivity contribution is -0.152. The van der Waals surface area contributed by atoms with Gasteiger partial charge in [-0.2, -0.15) is 0 Å². The van der Waals surface area contributed by atoms with E-state index in [0.717, 1.165) is 22.3 Å². The zero-order valence-corrected chi connectivity index (χ0v) is 15.7. The van der Waals surface area contributed by atoms with E-state index in [1.807, 2.05) is 60.0 Å². The number of hydrogen-bond acceptors (Lipinski definition) is 5. The molecule has 28 heavy (non-hydrogen) atoms. The molecule has 2 atom stereocenters. The van der Waals surface area contributed by atoms with Crippen molar-refractivity contribution in [3.05, 3.63) is 54.1 Å². The average Bonchev–Trinajstić information content (AvgIpc) is 3.06. The third kappa shape index (κ3) is 2.98. The number of anilines is 1. The van der Waals surface area contributed by atoms with Gasteiger partial charge in [0, 0.05) is 0 Å². The molecule has 0 fully saturated rings. The van der Waals surface area contributed by atoms with Crippen LogP contribution in [0.1, 0.15) is 25.5 Å². The van der Waals surface area contributed by atoms with Gasteiger partial charge in [0.05, 0.1) is 30.3 Å². The molecule has 0 spiro atoms. The van der Waals surface area contributed by atoms with Gasteiger partial charge in [-0.1, -0.05) is 24.3 Å². The van der Waals surface area contributed by atoms with E-state index < -0.39 is 23.8 Å². The first kappa shape index (κ1) is 18.0. The molecule has 2 aromatic carbocycles. The van der Waals surface area contributed by atoms with Crippen molar-refractivity contribution in [1.82, 2.24) is 9.55 Å². The Labute approximate surface area is 162 Å². The Morgan fingerprint density at radius 2 is 1.86 bits per heavy atom. The molecular formula is C21H21N3O4. The molecule has 0 saturated heterocycles. The maximum absolute atomic E-state index is 12.8. The van der Waals surface area contributed by atoms with E-state index in [-0.39, 0.29) is 6.61 Å². The second kappa shape index (κ2) is 7.34. The molecule has 0 aliphatic carbocycles. The van der Waals surface area contributed by atoms with Crippen LogP contribution in [-0.4, -0.2) is 34.6 Å². The minimum atomic E-state index is -1.01. The number of imidazole rings is 1. The third-order valence-electron chi connectivity index (χ3n) is 4.78. The first-order chi connectivity index (χ1) is 13.6. The summed E-state index contributed by atoms with van der Waals surface area (Å²) in [6, 6.07) is 14.5.